The average Bonchev–Trinajstić information content (AvgIpc) is 1.61. The standard InChI is InChI=1S/C6H14N2.ClH/c1-5(2)7-8-6(3)4;/h5-6H,1-4H3;1H. The minimum atomic E-state index is 0. The summed E-state index contributed by atoms with van der Waals surface area (Å²) in [7, 11) is 0. The normalized spacial score (nSPS) is 10.9. The zero-order chi connectivity index (χ0) is 6.57. The van der Waals surface area contributed by atoms with Crippen molar-refractivity contribution in [3.63, 3.8) is 0 Å². The van der Waals surface area contributed by atoms with Gasteiger partial charge < -0.3 is 0 Å². The maximum absolute atomic E-state index is 3.95. The summed E-state index contributed by atoms with van der Waals surface area (Å²) in [6, 6.07) is 0.690. The van der Waals surface area contributed by atoms with Gasteiger partial charge in [0.1, 0.15) is 0 Å². The Kier molecular flexibility index (Phi) is 7.79. The Morgan fingerprint density at radius 1 is 0.778 bits per heavy atom. The molecular formula is C6H15ClN2. The molecule has 0 aliphatic carbocycles. The van der Waals surface area contributed by atoms with Crippen LogP contribution in [0, 0.1) is 0 Å². The third-order valence-corrected chi connectivity index (χ3v) is 0.529. The fourth-order valence-electron chi connectivity index (χ4n) is 0.267. The van der Waals surface area contributed by atoms with E-state index in [1.807, 2.05) is 27.7 Å². The van der Waals surface area contributed by atoms with Crippen LogP contribution in [0.15, 0.2) is 10.2 Å². The number of nitrogens with zero attached hydrogens (tertiary/aromatic N) is 2. The molecule has 0 saturated heterocycles. The lowest BCUT2D eigenvalue weighted by Gasteiger charge is -1.94. The predicted molar refractivity (Wildman–Crippen MR) is 42.4 cm³/mol. The molecule has 0 bridgehead atoms. The van der Waals surface area contributed by atoms with Crippen molar-refractivity contribution < 1.29 is 0 Å². The van der Waals surface area contributed by atoms with E-state index in [1.165, 1.54) is 0 Å². The van der Waals surface area contributed by atoms with Crippen LogP contribution in [0.1, 0.15) is 27.7 Å². The van der Waals surface area contributed by atoms with Gasteiger partial charge in [-0.05, 0) is 27.7 Å². The average molecular weight is 151 g/mol. The summed E-state index contributed by atoms with van der Waals surface area (Å²) in [5.74, 6) is 0. The summed E-state index contributed by atoms with van der Waals surface area (Å²) >= 11 is 0. The summed E-state index contributed by atoms with van der Waals surface area (Å²) < 4.78 is 0. The third kappa shape index (κ3) is 11.4. The molecule has 0 saturated carbocycles. The van der Waals surface area contributed by atoms with Gasteiger partial charge in [0.2, 0.25) is 0 Å². The number of rotatable bonds is 2. The highest BCUT2D eigenvalue weighted by atomic mass is 35.5. The van der Waals surface area contributed by atoms with Gasteiger partial charge in [0.15, 0.2) is 0 Å². The van der Waals surface area contributed by atoms with E-state index in [2.05, 4.69) is 10.2 Å². The van der Waals surface area contributed by atoms with E-state index in [1.54, 1.807) is 0 Å². The Hall–Kier alpha value is -0.110. The van der Waals surface area contributed by atoms with Gasteiger partial charge in [-0.1, -0.05) is 0 Å². The number of azo groups is 1. The van der Waals surface area contributed by atoms with E-state index in [9.17, 15) is 0 Å². The quantitative estimate of drug-likeness (QED) is 0.541. The van der Waals surface area contributed by atoms with Gasteiger partial charge in [-0.25, -0.2) is 0 Å². The van der Waals surface area contributed by atoms with E-state index >= 15 is 0 Å². The molecule has 0 aromatic rings. The number of hydrogen-bond acceptors (Lipinski definition) is 2. The highest BCUT2D eigenvalue weighted by molar-refractivity contribution is 5.85. The smallest absolute Gasteiger partial charge is 0.0652 e. The van der Waals surface area contributed by atoms with Crippen LogP contribution in [0.25, 0.3) is 0 Å². The molecule has 3 heteroatoms. The van der Waals surface area contributed by atoms with Crippen molar-refractivity contribution >= 4 is 12.4 Å². The Morgan fingerprint density at radius 2 is 1.00 bits per heavy atom. The van der Waals surface area contributed by atoms with E-state index in [0.29, 0.717) is 12.1 Å². The molecule has 0 amide bonds. The minimum Gasteiger partial charge on any atom is -0.191 e. The van der Waals surface area contributed by atoms with Crippen molar-refractivity contribution in [3.8, 4) is 0 Å². The summed E-state index contributed by atoms with van der Waals surface area (Å²) in [6.07, 6.45) is 0. The highest BCUT2D eigenvalue weighted by Gasteiger charge is 1.87. The second-order valence-corrected chi connectivity index (χ2v) is 2.42. The van der Waals surface area contributed by atoms with Gasteiger partial charge in [-0.2, -0.15) is 10.2 Å². The topological polar surface area (TPSA) is 24.7 Å². The van der Waals surface area contributed by atoms with E-state index < -0.39 is 0 Å². The molecule has 0 spiro atoms. The third-order valence-electron chi connectivity index (χ3n) is 0.529. The van der Waals surface area contributed by atoms with Gasteiger partial charge >= 0.3 is 0 Å². The maximum atomic E-state index is 3.95. The van der Waals surface area contributed by atoms with Gasteiger partial charge in [0.05, 0.1) is 12.1 Å². The molecule has 0 radical (unpaired) electrons. The first kappa shape index (κ1) is 11.7. The first-order valence-electron chi connectivity index (χ1n) is 3.03. The molecule has 0 aromatic carbocycles. The predicted octanol–water partition coefficient (Wildman–Crippen LogP) is 2.68. The van der Waals surface area contributed by atoms with Crippen LogP contribution in [0.2, 0.25) is 0 Å². The molecule has 56 valence electrons. The van der Waals surface area contributed by atoms with Crippen molar-refractivity contribution in [2.24, 2.45) is 10.2 Å². The molecule has 9 heavy (non-hydrogen) atoms. The Labute approximate surface area is 63.2 Å². The first-order valence-corrected chi connectivity index (χ1v) is 3.03. The second-order valence-electron chi connectivity index (χ2n) is 2.42. The van der Waals surface area contributed by atoms with E-state index in [4.69, 9.17) is 0 Å². The van der Waals surface area contributed by atoms with Crippen molar-refractivity contribution in [3.05, 3.63) is 0 Å². The fourth-order valence-corrected chi connectivity index (χ4v) is 0.267. The van der Waals surface area contributed by atoms with Crippen LogP contribution >= 0.6 is 12.4 Å². The zero-order valence-electron chi connectivity index (χ0n) is 6.46. The molecule has 0 N–H and O–H groups in total. The monoisotopic (exact) mass is 150 g/mol. The summed E-state index contributed by atoms with van der Waals surface area (Å²) in [4.78, 5) is 0. The highest BCUT2D eigenvalue weighted by Crippen LogP contribution is 1.91. The van der Waals surface area contributed by atoms with Crippen molar-refractivity contribution in [1.82, 2.24) is 0 Å². The lowest BCUT2D eigenvalue weighted by Crippen LogP contribution is -1.90. The molecule has 0 heterocycles. The molecular weight excluding hydrogens is 136 g/mol. The largest absolute Gasteiger partial charge is 0.191 e. The molecule has 0 atom stereocenters. The van der Waals surface area contributed by atoms with Crippen LogP contribution in [0.3, 0.4) is 0 Å². The van der Waals surface area contributed by atoms with Crippen LogP contribution in [0.5, 0.6) is 0 Å². The van der Waals surface area contributed by atoms with Crippen LogP contribution < -0.4 is 0 Å². The SMILES string of the molecule is CC(C)N=NC(C)C.Cl. The minimum absolute atomic E-state index is 0. The zero-order valence-corrected chi connectivity index (χ0v) is 7.27. The Morgan fingerprint density at radius 3 is 1.11 bits per heavy atom. The molecule has 0 fully saturated rings. The van der Waals surface area contributed by atoms with Gasteiger partial charge in [-0.3, -0.25) is 0 Å². The van der Waals surface area contributed by atoms with Gasteiger partial charge in [-0.15, -0.1) is 12.4 Å². The molecule has 0 aliphatic heterocycles. The lowest BCUT2D eigenvalue weighted by atomic mass is 10.4. The summed E-state index contributed by atoms with van der Waals surface area (Å²) in [5, 5.41) is 7.90. The fraction of sp³-hybridized carbons (Fsp3) is 1.00. The number of halogens is 1. The van der Waals surface area contributed by atoms with Crippen LogP contribution in [0.4, 0.5) is 0 Å². The van der Waals surface area contributed by atoms with E-state index in [0.717, 1.165) is 0 Å². The molecule has 0 unspecified atom stereocenters. The molecule has 0 rings (SSSR count). The molecule has 0 aliphatic rings. The Bertz CT molecular complexity index is 69.1. The molecule has 0 aromatic heterocycles. The lowest BCUT2D eigenvalue weighted by molar-refractivity contribution is 0.678. The molecule has 2 nitrogen and oxygen atoms in total. The second kappa shape index (κ2) is 6.02. The summed E-state index contributed by atoms with van der Waals surface area (Å²) in [5.41, 5.74) is 0. The Balaban J connectivity index is 0. The maximum Gasteiger partial charge on any atom is 0.0652 e. The van der Waals surface area contributed by atoms with Gasteiger partial charge in [0, 0.05) is 0 Å². The van der Waals surface area contributed by atoms with Gasteiger partial charge in [0.25, 0.3) is 0 Å². The van der Waals surface area contributed by atoms with Crippen molar-refractivity contribution in [1.29, 1.82) is 0 Å². The summed E-state index contributed by atoms with van der Waals surface area (Å²) in [6.45, 7) is 8.08. The van der Waals surface area contributed by atoms with E-state index in [-0.39, 0.29) is 12.4 Å². The van der Waals surface area contributed by atoms with Crippen LogP contribution in [-0.2, 0) is 0 Å². The number of hydrogen-bond donors (Lipinski definition) is 0. The van der Waals surface area contributed by atoms with Crippen LogP contribution in [-0.4, -0.2) is 12.1 Å². The first-order chi connectivity index (χ1) is 3.63. The van der Waals surface area contributed by atoms with Crippen molar-refractivity contribution in [2.75, 3.05) is 0 Å². The van der Waals surface area contributed by atoms with Crippen molar-refractivity contribution in [2.45, 2.75) is 39.8 Å².